The predicted molar refractivity (Wildman–Crippen MR) is 99.0 cm³/mol. The van der Waals surface area contributed by atoms with E-state index in [9.17, 15) is 0 Å². The fourth-order valence-corrected chi connectivity index (χ4v) is 3.37. The Morgan fingerprint density at radius 2 is 2.33 bits per heavy atom. The molecule has 2 N–H and O–H groups in total. The van der Waals surface area contributed by atoms with Crippen LogP contribution in [0.3, 0.4) is 0 Å². The van der Waals surface area contributed by atoms with Gasteiger partial charge in [-0.25, -0.2) is 4.98 Å². The Balaban J connectivity index is 1.49. The van der Waals surface area contributed by atoms with Gasteiger partial charge in [0.05, 0.1) is 17.7 Å². The predicted octanol–water partition coefficient (Wildman–Crippen LogP) is 2.00. The molecular formula is C17H30N4O2S. The summed E-state index contributed by atoms with van der Waals surface area (Å²) in [5.74, 6) is 0.835. The van der Waals surface area contributed by atoms with Crippen LogP contribution in [0, 0.1) is 0 Å². The van der Waals surface area contributed by atoms with E-state index in [1.54, 1.807) is 18.4 Å². The number of hydrogen-bond donors (Lipinski definition) is 2. The van der Waals surface area contributed by atoms with E-state index in [-0.39, 0.29) is 0 Å². The van der Waals surface area contributed by atoms with Gasteiger partial charge in [-0.05, 0) is 25.7 Å². The van der Waals surface area contributed by atoms with Gasteiger partial charge in [-0.2, -0.15) is 0 Å². The molecule has 0 spiro atoms. The number of aliphatic imine (C=N–C) groups is 1. The summed E-state index contributed by atoms with van der Waals surface area (Å²) < 4.78 is 11.2. The van der Waals surface area contributed by atoms with Crippen molar-refractivity contribution in [3.05, 3.63) is 16.1 Å². The van der Waals surface area contributed by atoms with Gasteiger partial charge >= 0.3 is 0 Å². The topological polar surface area (TPSA) is 67.8 Å². The lowest BCUT2D eigenvalue weighted by molar-refractivity contribution is 0.0168. The Labute approximate surface area is 149 Å². The van der Waals surface area contributed by atoms with Crippen molar-refractivity contribution in [1.29, 1.82) is 0 Å². The van der Waals surface area contributed by atoms with Crippen LogP contribution in [-0.2, 0) is 22.3 Å². The second kappa shape index (κ2) is 11.4. The van der Waals surface area contributed by atoms with Crippen LogP contribution in [0.25, 0.3) is 0 Å². The van der Waals surface area contributed by atoms with Crippen LogP contribution in [0.1, 0.15) is 36.1 Å². The summed E-state index contributed by atoms with van der Waals surface area (Å²) in [7, 11) is 1.79. The van der Waals surface area contributed by atoms with Crippen molar-refractivity contribution in [2.45, 2.75) is 45.1 Å². The van der Waals surface area contributed by atoms with Crippen LogP contribution in [0.2, 0.25) is 0 Å². The summed E-state index contributed by atoms with van der Waals surface area (Å²) in [5, 5.41) is 7.81. The summed E-state index contributed by atoms with van der Waals surface area (Å²) in [4.78, 5) is 10.0. The Morgan fingerprint density at radius 3 is 3.04 bits per heavy atom. The van der Waals surface area contributed by atoms with Crippen LogP contribution in [0.15, 0.2) is 11.2 Å². The van der Waals surface area contributed by atoms with E-state index in [0.29, 0.717) is 6.10 Å². The molecule has 0 amide bonds. The molecule has 2 rings (SSSR count). The summed E-state index contributed by atoms with van der Waals surface area (Å²) >= 11 is 1.79. The number of hydrogen-bond acceptors (Lipinski definition) is 5. The van der Waals surface area contributed by atoms with E-state index >= 15 is 0 Å². The Kier molecular flexibility index (Phi) is 9.09. The zero-order valence-corrected chi connectivity index (χ0v) is 15.7. The maximum Gasteiger partial charge on any atom is 0.190 e. The number of aromatic nitrogens is 1. The molecule has 1 fully saturated rings. The van der Waals surface area contributed by atoms with Crippen molar-refractivity contribution in [3.63, 3.8) is 0 Å². The fourth-order valence-electron chi connectivity index (χ4n) is 2.51. The van der Waals surface area contributed by atoms with Crippen molar-refractivity contribution in [2.75, 3.05) is 40.0 Å². The Morgan fingerprint density at radius 1 is 1.46 bits per heavy atom. The third kappa shape index (κ3) is 7.15. The molecule has 7 heteroatoms. The van der Waals surface area contributed by atoms with E-state index in [1.165, 1.54) is 16.3 Å². The van der Waals surface area contributed by atoms with Crippen LogP contribution < -0.4 is 10.6 Å². The first-order chi connectivity index (χ1) is 11.8. The number of aryl methyl sites for hydroxylation is 1. The summed E-state index contributed by atoms with van der Waals surface area (Å²) in [6.07, 6.45) is 7.53. The highest BCUT2D eigenvalue weighted by atomic mass is 32.1. The minimum absolute atomic E-state index is 0.312. The average Bonchev–Trinajstić information content (AvgIpc) is 3.27. The van der Waals surface area contributed by atoms with Crippen molar-refractivity contribution >= 4 is 17.3 Å². The molecule has 1 aliphatic rings. The molecule has 0 aromatic carbocycles. The lowest BCUT2D eigenvalue weighted by Crippen LogP contribution is -2.39. The molecule has 0 aliphatic carbocycles. The molecule has 1 unspecified atom stereocenters. The molecule has 0 saturated carbocycles. The summed E-state index contributed by atoms with van der Waals surface area (Å²) in [6, 6.07) is 0. The van der Waals surface area contributed by atoms with Gasteiger partial charge < -0.3 is 20.1 Å². The van der Waals surface area contributed by atoms with E-state index in [2.05, 4.69) is 27.5 Å². The lowest BCUT2D eigenvalue weighted by atomic mass is 10.2. The maximum absolute atomic E-state index is 5.65. The number of guanidine groups is 1. The largest absolute Gasteiger partial charge is 0.379 e. The molecular weight excluding hydrogens is 324 g/mol. The first kappa shape index (κ1) is 19.1. The van der Waals surface area contributed by atoms with Crippen LogP contribution in [0.4, 0.5) is 0 Å². The van der Waals surface area contributed by atoms with Gasteiger partial charge in [0, 0.05) is 50.8 Å². The van der Waals surface area contributed by atoms with Gasteiger partial charge in [0.2, 0.25) is 0 Å². The van der Waals surface area contributed by atoms with Gasteiger partial charge in [0.25, 0.3) is 0 Å². The SMILES string of the molecule is CCc1cnc(CCNC(=NC)NCCCOCC2CCCO2)s1. The van der Waals surface area contributed by atoms with Crippen molar-refractivity contribution in [3.8, 4) is 0 Å². The first-order valence-corrected chi connectivity index (χ1v) is 9.71. The quantitative estimate of drug-likeness (QED) is 0.382. The highest BCUT2D eigenvalue weighted by Crippen LogP contribution is 2.13. The number of nitrogens with one attached hydrogen (secondary N) is 2. The van der Waals surface area contributed by atoms with E-state index in [0.717, 1.165) is 64.6 Å². The molecule has 1 aromatic rings. The van der Waals surface area contributed by atoms with Crippen LogP contribution >= 0.6 is 11.3 Å². The fraction of sp³-hybridized carbons (Fsp3) is 0.765. The molecule has 2 heterocycles. The normalized spacial score (nSPS) is 18.1. The highest BCUT2D eigenvalue weighted by Gasteiger charge is 2.14. The lowest BCUT2D eigenvalue weighted by Gasteiger charge is -2.12. The number of thiazole rings is 1. The molecule has 0 bridgehead atoms. The number of rotatable bonds is 10. The molecule has 136 valence electrons. The average molecular weight is 355 g/mol. The van der Waals surface area contributed by atoms with Crippen molar-refractivity contribution in [1.82, 2.24) is 15.6 Å². The van der Waals surface area contributed by atoms with Gasteiger partial charge in [0.15, 0.2) is 5.96 Å². The van der Waals surface area contributed by atoms with Gasteiger partial charge in [0.1, 0.15) is 0 Å². The molecule has 1 atom stereocenters. The van der Waals surface area contributed by atoms with E-state index < -0.39 is 0 Å². The van der Waals surface area contributed by atoms with Crippen LogP contribution in [0.5, 0.6) is 0 Å². The third-order valence-corrected chi connectivity index (χ3v) is 5.09. The minimum atomic E-state index is 0.312. The van der Waals surface area contributed by atoms with Crippen molar-refractivity contribution in [2.24, 2.45) is 4.99 Å². The summed E-state index contributed by atoms with van der Waals surface area (Å²) in [6.45, 7) is 6.21. The molecule has 24 heavy (non-hydrogen) atoms. The molecule has 1 aliphatic heterocycles. The second-order valence-corrected chi connectivity index (χ2v) is 7.01. The molecule has 1 aromatic heterocycles. The van der Waals surface area contributed by atoms with Gasteiger partial charge in [-0.3, -0.25) is 4.99 Å². The maximum atomic E-state index is 5.65. The molecule has 1 saturated heterocycles. The molecule has 0 radical (unpaired) electrons. The third-order valence-electron chi connectivity index (χ3n) is 3.89. The monoisotopic (exact) mass is 354 g/mol. The smallest absolute Gasteiger partial charge is 0.190 e. The Hall–Kier alpha value is -1.18. The molecule has 6 nitrogen and oxygen atoms in total. The highest BCUT2D eigenvalue weighted by molar-refractivity contribution is 7.11. The number of ether oxygens (including phenoxy) is 2. The van der Waals surface area contributed by atoms with Gasteiger partial charge in [-0.15, -0.1) is 11.3 Å². The summed E-state index contributed by atoms with van der Waals surface area (Å²) in [5.41, 5.74) is 0. The Bertz CT molecular complexity index is 487. The van der Waals surface area contributed by atoms with Crippen LogP contribution in [-0.4, -0.2) is 57.0 Å². The standard InChI is InChI=1S/C17H30N4O2S/c1-3-15-12-21-16(24-15)7-9-20-17(18-2)19-8-5-10-22-13-14-6-4-11-23-14/h12,14H,3-11,13H2,1-2H3,(H2,18,19,20). The first-order valence-electron chi connectivity index (χ1n) is 8.89. The minimum Gasteiger partial charge on any atom is -0.379 e. The number of nitrogens with zero attached hydrogens (tertiary/aromatic N) is 2. The van der Waals surface area contributed by atoms with E-state index in [1.807, 2.05) is 6.20 Å². The van der Waals surface area contributed by atoms with Gasteiger partial charge in [-0.1, -0.05) is 6.92 Å². The zero-order valence-electron chi connectivity index (χ0n) is 14.8. The zero-order chi connectivity index (χ0) is 17.0. The van der Waals surface area contributed by atoms with Crippen molar-refractivity contribution < 1.29 is 9.47 Å². The van der Waals surface area contributed by atoms with E-state index in [4.69, 9.17) is 9.47 Å². The second-order valence-electron chi connectivity index (χ2n) is 5.81.